The van der Waals surface area contributed by atoms with Gasteiger partial charge in [-0.2, -0.15) is 5.10 Å². The molecule has 1 aliphatic rings. The summed E-state index contributed by atoms with van der Waals surface area (Å²) in [6.07, 6.45) is 7.62. The Balaban J connectivity index is 1.45. The molecule has 2 aromatic heterocycles. The van der Waals surface area contributed by atoms with Crippen molar-refractivity contribution in [1.82, 2.24) is 19.5 Å². The lowest BCUT2D eigenvalue weighted by Gasteiger charge is -2.14. The number of nitrogens with one attached hydrogen (secondary N) is 1. The summed E-state index contributed by atoms with van der Waals surface area (Å²) >= 11 is 0. The van der Waals surface area contributed by atoms with Crippen molar-refractivity contribution in [1.29, 1.82) is 0 Å². The first kappa shape index (κ1) is 20.5. The minimum Gasteiger partial charge on any atom is -0.267 e. The normalized spacial score (nSPS) is 14.2. The molecule has 0 saturated heterocycles. The first-order valence-electron chi connectivity index (χ1n) is 10.3. The number of aromatic nitrogens is 3. The molecule has 156 valence electrons. The van der Waals surface area contributed by atoms with Gasteiger partial charge in [0.25, 0.3) is 0 Å². The monoisotopic (exact) mass is 422 g/mol. The van der Waals surface area contributed by atoms with Crippen LogP contribution in [-0.2, 0) is 29.4 Å². The van der Waals surface area contributed by atoms with Crippen LogP contribution in [0.1, 0.15) is 35.2 Å². The number of aryl methyl sites for hydroxylation is 1. The van der Waals surface area contributed by atoms with Crippen molar-refractivity contribution >= 4 is 16.1 Å². The van der Waals surface area contributed by atoms with Gasteiger partial charge in [-0.15, -0.1) is 0 Å². The van der Waals surface area contributed by atoms with Crippen molar-refractivity contribution in [3.05, 3.63) is 76.5 Å². The fourth-order valence-electron chi connectivity index (χ4n) is 3.75. The Morgan fingerprint density at radius 2 is 1.90 bits per heavy atom. The second kappa shape index (κ2) is 8.93. The van der Waals surface area contributed by atoms with E-state index in [1.165, 1.54) is 16.7 Å². The van der Waals surface area contributed by atoms with Gasteiger partial charge in [-0.1, -0.05) is 35.9 Å². The lowest BCUT2D eigenvalue weighted by molar-refractivity contribution is 0.542. The van der Waals surface area contributed by atoms with Gasteiger partial charge in [0.15, 0.2) is 0 Å². The molecule has 0 bridgehead atoms. The predicted molar refractivity (Wildman–Crippen MR) is 119 cm³/mol. The summed E-state index contributed by atoms with van der Waals surface area (Å²) in [5.41, 5.74) is 6.25. The fourth-order valence-corrected chi connectivity index (χ4v) is 4.56. The van der Waals surface area contributed by atoms with E-state index in [1.807, 2.05) is 54.1 Å². The predicted octanol–water partition coefficient (Wildman–Crippen LogP) is 3.72. The molecule has 3 aromatic rings. The molecule has 30 heavy (non-hydrogen) atoms. The molecule has 1 aliphatic carbocycles. The van der Waals surface area contributed by atoms with Gasteiger partial charge in [0, 0.05) is 29.4 Å². The number of hydrogen-bond donors (Lipinski definition) is 1. The molecule has 1 aromatic carbocycles. The van der Waals surface area contributed by atoms with Crippen molar-refractivity contribution in [2.24, 2.45) is 0 Å². The standard InChI is InChI=1S/C23H26N4O2S/c1-18-9-11-19(12-10-18)13-17-30(28,29)25-15-16-27-22-8-3-2-6-20(22)23(26-27)21-7-4-5-14-24-21/h4-5,7,9-14,17,25H,2-3,6,8,15-16H2,1H3. The van der Waals surface area contributed by atoms with Crippen molar-refractivity contribution in [3.8, 4) is 11.4 Å². The molecule has 7 heteroatoms. The average Bonchev–Trinajstić information content (AvgIpc) is 3.13. The number of sulfonamides is 1. The highest BCUT2D eigenvalue weighted by molar-refractivity contribution is 7.92. The van der Waals surface area contributed by atoms with Gasteiger partial charge in [0.2, 0.25) is 10.0 Å². The Hall–Kier alpha value is -2.77. The molecule has 0 aliphatic heterocycles. The molecule has 2 heterocycles. The summed E-state index contributed by atoms with van der Waals surface area (Å²) in [7, 11) is -3.51. The second-order valence-corrected chi connectivity index (χ2v) is 9.22. The number of pyridine rings is 1. The molecule has 0 radical (unpaired) electrons. The SMILES string of the molecule is Cc1ccc(C=CS(=O)(=O)NCCn2nc(-c3ccccn3)c3c2CCCC3)cc1. The zero-order chi connectivity index (χ0) is 21.0. The summed E-state index contributed by atoms with van der Waals surface area (Å²) in [5.74, 6) is 0. The van der Waals surface area contributed by atoms with Crippen LogP contribution in [-0.4, -0.2) is 29.7 Å². The van der Waals surface area contributed by atoms with E-state index in [0.29, 0.717) is 6.54 Å². The summed E-state index contributed by atoms with van der Waals surface area (Å²) in [6.45, 7) is 2.78. The number of nitrogens with zero attached hydrogens (tertiary/aromatic N) is 3. The minimum atomic E-state index is -3.51. The van der Waals surface area contributed by atoms with E-state index in [4.69, 9.17) is 5.10 Å². The number of rotatable bonds is 7. The average molecular weight is 423 g/mol. The third-order valence-corrected chi connectivity index (χ3v) is 6.41. The van der Waals surface area contributed by atoms with E-state index < -0.39 is 10.0 Å². The van der Waals surface area contributed by atoms with Crippen LogP contribution < -0.4 is 4.72 Å². The van der Waals surface area contributed by atoms with Gasteiger partial charge in [-0.05, 0) is 56.4 Å². The molecular formula is C23H26N4O2S. The highest BCUT2D eigenvalue weighted by atomic mass is 32.2. The van der Waals surface area contributed by atoms with Crippen LogP contribution in [0, 0.1) is 6.92 Å². The van der Waals surface area contributed by atoms with Crippen LogP contribution in [0.15, 0.2) is 54.1 Å². The van der Waals surface area contributed by atoms with Crippen molar-refractivity contribution in [2.75, 3.05) is 6.54 Å². The molecule has 0 fully saturated rings. The van der Waals surface area contributed by atoms with E-state index in [-0.39, 0.29) is 6.54 Å². The lowest BCUT2D eigenvalue weighted by atomic mass is 9.95. The molecule has 1 N–H and O–H groups in total. The van der Waals surface area contributed by atoms with Crippen LogP contribution in [0.3, 0.4) is 0 Å². The second-order valence-electron chi connectivity index (χ2n) is 7.57. The largest absolute Gasteiger partial charge is 0.267 e. The molecule has 4 rings (SSSR count). The molecule has 0 spiro atoms. The van der Waals surface area contributed by atoms with Crippen LogP contribution in [0.5, 0.6) is 0 Å². The summed E-state index contributed by atoms with van der Waals surface area (Å²) in [4.78, 5) is 4.45. The molecule has 0 unspecified atom stereocenters. The Bertz CT molecular complexity index is 1130. The summed E-state index contributed by atoms with van der Waals surface area (Å²) < 4.78 is 29.3. The van der Waals surface area contributed by atoms with Crippen LogP contribution in [0.25, 0.3) is 17.5 Å². The van der Waals surface area contributed by atoms with E-state index in [1.54, 1.807) is 12.3 Å². The zero-order valence-electron chi connectivity index (χ0n) is 17.1. The Morgan fingerprint density at radius 1 is 1.10 bits per heavy atom. The van der Waals surface area contributed by atoms with Gasteiger partial charge in [-0.25, -0.2) is 13.1 Å². The van der Waals surface area contributed by atoms with E-state index in [0.717, 1.165) is 48.2 Å². The summed E-state index contributed by atoms with van der Waals surface area (Å²) in [6, 6.07) is 13.5. The zero-order valence-corrected chi connectivity index (χ0v) is 17.9. The van der Waals surface area contributed by atoms with Gasteiger partial charge >= 0.3 is 0 Å². The van der Waals surface area contributed by atoms with Gasteiger partial charge in [0.1, 0.15) is 5.69 Å². The van der Waals surface area contributed by atoms with Gasteiger partial charge in [0.05, 0.1) is 12.2 Å². The maximum Gasteiger partial charge on any atom is 0.233 e. The molecule has 0 amide bonds. The number of fused-ring (bicyclic) bond motifs is 1. The Labute approximate surface area is 177 Å². The molecule has 6 nitrogen and oxygen atoms in total. The van der Waals surface area contributed by atoms with Gasteiger partial charge < -0.3 is 0 Å². The molecular weight excluding hydrogens is 396 g/mol. The van der Waals surface area contributed by atoms with Gasteiger partial charge in [-0.3, -0.25) is 9.67 Å². The first-order valence-corrected chi connectivity index (χ1v) is 11.8. The summed E-state index contributed by atoms with van der Waals surface area (Å²) in [5, 5.41) is 6.00. The number of hydrogen-bond acceptors (Lipinski definition) is 4. The maximum atomic E-state index is 12.3. The van der Waals surface area contributed by atoms with E-state index in [2.05, 4.69) is 9.71 Å². The smallest absolute Gasteiger partial charge is 0.233 e. The van der Waals surface area contributed by atoms with E-state index >= 15 is 0 Å². The Kier molecular flexibility index (Phi) is 6.11. The highest BCUT2D eigenvalue weighted by Crippen LogP contribution is 2.30. The van der Waals surface area contributed by atoms with Crippen molar-refractivity contribution < 1.29 is 8.42 Å². The van der Waals surface area contributed by atoms with E-state index in [9.17, 15) is 8.42 Å². The fraction of sp³-hybridized carbons (Fsp3) is 0.304. The minimum absolute atomic E-state index is 0.288. The third-order valence-electron chi connectivity index (χ3n) is 5.31. The highest BCUT2D eigenvalue weighted by Gasteiger charge is 2.22. The lowest BCUT2D eigenvalue weighted by Crippen LogP contribution is -2.26. The van der Waals surface area contributed by atoms with Crippen molar-refractivity contribution in [2.45, 2.75) is 39.2 Å². The topological polar surface area (TPSA) is 76.9 Å². The van der Waals surface area contributed by atoms with Crippen LogP contribution in [0.2, 0.25) is 0 Å². The maximum absolute atomic E-state index is 12.3. The Morgan fingerprint density at radius 3 is 2.67 bits per heavy atom. The molecule has 0 atom stereocenters. The third kappa shape index (κ3) is 4.86. The first-order chi connectivity index (χ1) is 14.5. The number of benzene rings is 1. The van der Waals surface area contributed by atoms with Crippen LogP contribution >= 0.6 is 0 Å². The molecule has 0 saturated carbocycles. The quantitative estimate of drug-likeness (QED) is 0.630. The van der Waals surface area contributed by atoms with Crippen LogP contribution in [0.4, 0.5) is 0 Å². The van der Waals surface area contributed by atoms with Crippen molar-refractivity contribution in [3.63, 3.8) is 0 Å².